The summed E-state index contributed by atoms with van der Waals surface area (Å²) >= 11 is 0. The first-order valence-electron chi connectivity index (χ1n) is 10.3. The van der Waals surface area contributed by atoms with E-state index in [9.17, 15) is 4.79 Å². The molecule has 0 radical (unpaired) electrons. The van der Waals surface area contributed by atoms with Gasteiger partial charge in [-0.2, -0.15) is 0 Å². The van der Waals surface area contributed by atoms with Crippen molar-refractivity contribution in [2.24, 2.45) is 4.99 Å². The van der Waals surface area contributed by atoms with Crippen molar-refractivity contribution in [3.8, 4) is 11.5 Å². The number of hydrogen-bond acceptors (Lipinski definition) is 4. The lowest BCUT2D eigenvalue weighted by atomic mass is 10.2. The minimum absolute atomic E-state index is 0. The van der Waals surface area contributed by atoms with E-state index in [2.05, 4.69) is 26.3 Å². The number of ether oxygens (including phenoxy) is 2. The molecule has 9 heteroatoms. The Morgan fingerprint density at radius 2 is 1.75 bits per heavy atom. The van der Waals surface area contributed by atoms with E-state index in [1.54, 1.807) is 14.2 Å². The van der Waals surface area contributed by atoms with Gasteiger partial charge in [0.25, 0.3) is 0 Å². The Balaban J connectivity index is 0.00000512. The van der Waals surface area contributed by atoms with Crippen LogP contribution < -0.4 is 30.7 Å². The summed E-state index contributed by atoms with van der Waals surface area (Å²) in [5.41, 5.74) is 2.78. The van der Waals surface area contributed by atoms with Crippen LogP contribution in [0.25, 0.3) is 0 Å². The minimum Gasteiger partial charge on any atom is -0.497 e. The van der Waals surface area contributed by atoms with Crippen molar-refractivity contribution in [3.05, 3.63) is 53.6 Å². The van der Waals surface area contributed by atoms with Crippen LogP contribution in [0.2, 0.25) is 0 Å². The van der Waals surface area contributed by atoms with Crippen LogP contribution in [0.5, 0.6) is 11.5 Å². The molecule has 0 heterocycles. The van der Waals surface area contributed by atoms with Gasteiger partial charge in [0.2, 0.25) is 0 Å². The van der Waals surface area contributed by atoms with Crippen LogP contribution in [0, 0.1) is 0 Å². The van der Waals surface area contributed by atoms with Crippen LogP contribution in [0.15, 0.2) is 47.5 Å². The second kappa shape index (κ2) is 14.4. The molecule has 0 bridgehead atoms. The molecule has 0 saturated heterocycles. The molecule has 2 aromatic carbocycles. The fourth-order valence-electron chi connectivity index (χ4n) is 2.81. The van der Waals surface area contributed by atoms with Gasteiger partial charge in [0.05, 0.1) is 20.8 Å². The van der Waals surface area contributed by atoms with E-state index in [4.69, 9.17) is 9.47 Å². The molecule has 8 nitrogen and oxygen atoms in total. The zero-order chi connectivity index (χ0) is 22.6. The van der Waals surface area contributed by atoms with Gasteiger partial charge in [0, 0.05) is 36.4 Å². The van der Waals surface area contributed by atoms with E-state index in [-0.39, 0.29) is 36.0 Å². The van der Waals surface area contributed by atoms with Gasteiger partial charge in [0.15, 0.2) is 5.96 Å². The normalized spacial score (nSPS) is 10.8. The third-order valence-corrected chi connectivity index (χ3v) is 4.34. The molecule has 0 spiro atoms. The highest BCUT2D eigenvalue weighted by Gasteiger charge is 2.07. The Labute approximate surface area is 207 Å². The Morgan fingerprint density at radius 1 is 1.03 bits per heavy atom. The maximum absolute atomic E-state index is 11.8. The molecule has 32 heavy (non-hydrogen) atoms. The predicted molar refractivity (Wildman–Crippen MR) is 140 cm³/mol. The van der Waals surface area contributed by atoms with Crippen molar-refractivity contribution in [3.63, 3.8) is 0 Å². The second-order valence-corrected chi connectivity index (χ2v) is 7.18. The topological polar surface area (TPSA) is 96.0 Å². The number of carbonyl (C=O) groups excluding carboxylic acids is 1. The molecule has 0 saturated carbocycles. The monoisotopic (exact) mass is 555 g/mol. The number of benzene rings is 2. The summed E-state index contributed by atoms with van der Waals surface area (Å²) in [4.78, 5) is 16.4. The lowest BCUT2D eigenvalue weighted by molar-refractivity contribution is 0.250. The largest absolute Gasteiger partial charge is 0.497 e. The van der Waals surface area contributed by atoms with Gasteiger partial charge in [-0.25, -0.2) is 9.79 Å². The number of nitrogens with one attached hydrogen (secondary N) is 4. The number of anilines is 1. The number of methoxy groups -OCH3 is 2. The van der Waals surface area contributed by atoms with Crippen molar-refractivity contribution in [1.29, 1.82) is 0 Å². The smallest absolute Gasteiger partial charge is 0.319 e. The van der Waals surface area contributed by atoms with Crippen molar-refractivity contribution < 1.29 is 14.3 Å². The molecule has 2 aromatic rings. The molecular weight excluding hydrogens is 521 g/mol. The zero-order valence-electron chi connectivity index (χ0n) is 19.3. The molecule has 2 amide bonds. The van der Waals surface area contributed by atoms with Gasteiger partial charge >= 0.3 is 6.03 Å². The molecule has 0 atom stereocenters. The highest BCUT2D eigenvalue weighted by Crippen LogP contribution is 2.24. The Morgan fingerprint density at radius 3 is 2.34 bits per heavy atom. The van der Waals surface area contributed by atoms with Crippen LogP contribution in [0.4, 0.5) is 10.5 Å². The number of nitrogens with zero attached hydrogens (tertiary/aromatic N) is 1. The molecule has 0 aliphatic rings. The number of aliphatic imine (C=N–C) groups is 1. The highest BCUT2D eigenvalue weighted by atomic mass is 127. The standard InChI is InChI=1S/C23H33N5O3.HI/c1-6-24-22(26-15-18-9-12-20(30-4)13-21(18)31-5)25-14-17-7-10-19(11-8-17)28-23(29)27-16(2)3;/h7-13,16H,6,14-15H2,1-5H3,(H2,24,25,26)(H2,27,28,29);1H. The summed E-state index contributed by atoms with van der Waals surface area (Å²) in [5.74, 6) is 2.21. The predicted octanol–water partition coefficient (Wildman–Crippen LogP) is 4.11. The van der Waals surface area contributed by atoms with Gasteiger partial charge in [-0.3, -0.25) is 0 Å². The fraction of sp³-hybridized carbons (Fsp3) is 0.391. The first kappa shape index (κ1) is 27.3. The van der Waals surface area contributed by atoms with Crippen molar-refractivity contribution in [2.75, 3.05) is 26.1 Å². The summed E-state index contributed by atoms with van der Waals surface area (Å²) < 4.78 is 10.7. The van der Waals surface area contributed by atoms with E-state index in [0.717, 1.165) is 34.9 Å². The first-order chi connectivity index (χ1) is 14.9. The van der Waals surface area contributed by atoms with Crippen molar-refractivity contribution >= 4 is 41.7 Å². The number of halogens is 1. The molecule has 2 rings (SSSR count). The van der Waals surface area contributed by atoms with Crippen LogP contribution in [0.3, 0.4) is 0 Å². The van der Waals surface area contributed by atoms with Crippen LogP contribution in [-0.4, -0.2) is 38.8 Å². The molecule has 176 valence electrons. The fourth-order valence-corrected chi connectivity index (χ4v) is 2.81. The van der Waals surface area contributed by atoms with E-state index in [1.165, 1.54) is 0 Å². The summed E-state index contributed by atoms with van der Waals surface area (Å²) in [6, 6.07) is 13.2. The van der Waals surface area contributed by atoms with E-state index < -0.39 is 0 Å². The van der Waals surface area contributed by atoms with Crippen LogP contribution in [0.1, 0.15) is 31.9 Å². The summed E-state index contributed by atoms with van der Waals surface area (Å²) in [6.07, 6.45) is 0. The van der Waals surface area contributed by atoms with Gasteiger partial charge in [-0.05, 0) is 50.6 Å². The molecule has 4 N–H and O–H groups in total. The molecule has 0 aromatic heterocycles. The number of urea groups is 1. The Bertz CT molecular complexity index is 872. The van der Waals surface area contributed by atoms with Gasteiger partial charge in [0.1, 0.15) is 11.5 Å². The summed E-state index contributed by atoms with van der Waals surface area (Å²) in [6.45, 7) is 7.68. The van der Waals surface area contributed by atoms with E-state index in [0.29, 0.717) is 19.0 Å². The van der Waals surface area contributed by atoms with E-state index in [1.807, 2.05) is 63.2 Å². The van der Waals surface area contributed by atoms with Gasteiger partial charge in [-0.1, -0.05) is 12.1 Å². The molecule has 0 fully saturated rings. The van der Waals surface area contributed by atoms with Crippen LogP contribution >= 0.6 is 24.0 Å². The Hall–Kier alpha value is -2.69. The minimum atomic E-state index is -0.214. The third-order valence-electron chi connectivity index (χ3n) is 4.34. The van der Waals surface area contributed by atoms with Crippen LogP contribution in [-0.2, 0) is 13.1 Å². The summed E-state index contributed by atoms with van der Waals surface area (Å²) in [5, 5.41) is 12.2. The number of carbonyl (C=O) groups is 1. The quantitative estimate of drug-likeness (QED) is 0.212. The van der Waals surface area contributed by atoms with Crippen molar-refractivity contribution in [2.45, 2.75) is 39.9 Å². The van der Waals surface area contributed by atoms with Gasteiger partial charge < -0.3 is 30.7 Å². The number of amides is 2. The molecule has 0 aliphatic heterocycles. The summed E-state index contributed by atoms with van der Waals surface area (Å²) in [7, 11) is 3.27. The number of guanidine groups is 1. The SMILES string of the molecule is CCNC(=NCc1ccc(NC(=O)NC(C)C)cc1)NCc1ccc(OC)cc1OC.I. The maximum atomic E-state index is 11.8. The number of rotatable bonds is 9. The van der Waals surface area contributed by atoms with Crippen molar-refractivity contribution in [1.82, 2.24) is 16.0 Å². The zero-order valence-corrected chi connectivity index (χ0v) is 21.7. The lowest BCUT2D eigenvalue weighted by Crippen LogP contribution is -2.36. The third kappa shape index (κ3) is 9.21. The van der Waals surface area contributed by atoms with E-state index >= 15 is 0 Å². The van der Waals surface area contributed by atoms with Gasteiger partial charge in [-0.15, -0.1) is 24.0 Å². The Kier molecular flexibility index (Phi) is 12.3. The molecule has 0 aliphatic carbocycles. The maximum Gasteiger partial charge on any atom is 0.319 e. The lowest BCUT2D eigenvalue weighted by Gasteiger charge is -2.14. The number of hydrogen-bond donors (Lipinski definition) is 4. The molecule has 0 unspecified atom stereocenters. The highest BCUT2D eigenvalue weighted by molar-refractivity contribution is 14.0. The first-order valence-corrected chi connectivity index (χ1v) is 10.3. The molecular formula is C23H34IN5O3. The second-order valence-electron chi connectivity index (χ2n) is 7.18. The average Bonchev–Trinajstić information content (AvgIpc) is 2.76. The average molecular weight is 555 g/mol.